The van der Waals surface area contributed by atoms with Gasteiger partial charge in [-0.25, -0.2) is 0 Å². The highest BCUT2D eigenvalue weighted by Gasteiger charge is 2.61. The Balaban J connectivity index is 1.56. The lowest BCUT2D eigenvalue weighted by molar-refractivity contribution is -0.918. The number of quaternary nitrogens is 2. The second kappa shape index (κ2) is 6.49. The molecular weight excluding hydrogens is 308 g/mol. The highest BCUT2D eigenvalue weighted by Crippen LogP contribution is 2.65. The van der Waals surface area contributed by atoms with Gasteiger partial charge in [0.2, 0.25) is 0 Å². The Bertz CT molecular complexity index is 496. The number of rotatable bonds is 3. The van der Waals surface area contributed by atoms with Crippen molar-refractivity contribution in [2.24, 2.45) is 34.5 Å². The smallest absolute Gasteiger partial charge is 0.127 e. The van der Waals surface area contributed by atoms with Crippen LogP contribution in [0.2, 0.25) is 0 Å². The molecule has 3 heteroatoms. The minimum absolute atomic E-state index is 0.0146. The molecule has 0 spiro atoms. The molecular formula is C22H42N2O+2. The van der Waals surface area contributed by atoms with E-state index in [9.17, 15) is 5.11 Å². The van der Waals surface area contributed by atoms with Gasteiger partial charge in [-0.1, -0.05) is 13.8 Å². The van der Waals surface area contributed by atoms with E-state index in [4.69, 9.17) is 0 Å². The number of aliphatic hydroxyl groups excluding tert-OH is 1. The van der Waals surface area contributed by atoms with Gasteiger partial charge in [0.15, 0.2) is 0 Å². The van der Waals surface area contributed by atoms with E-state index >= 15 is 0 Å². The quantitative estimate of drug-likeness (QED) is 0.710. The lowest BCUT2D eigenvalue weighted by atomic mass is 9.45. The van der Waals surface area contributed by atoms with Crippen LogP contribution < -0.4 is 10.6 Å². The second-order valence-electron chi connectivity index (χ2n) is 10.7. The average Bonchev–Trinajstić information content (AvgIpc) is 2.93. The van der Waals surface area contributed by atoms with E-state index in [2.05, 4.69) is 26.6 Å². The van der Waals surface area contributed by atoms with Crippen molar-refractivity contribution in [1.29, 1.82) is 0 Å². The molecule has 0 aliphatic heterocycles. The van der Waals surface area contributed by atoms with Crippen LogP contribution in [0.4, 0.5) is 0 Å². The third-order valence-electron chi connectivity index (χ3n) is 9.80. The zero-order valence-corrected chi connectivity index (χ0v) is 16.9. The third-order valence-corrected chi connectivity index (χ3v) is 9.80. The van der Waals surface area contributed by atoms with Crippen molar-refractivity contribution in [2.75, 3.05) is 20.1 Å². The van der Waals surface area contributed by atoms with Crippen molar-refractivity contribution in [1.82, 2.24) is 0 Å². The summed E-state index contributed by atoms with van der Waals surface area (Å²) in [6, 6.07) is 0.860. The first-order valence-electron chi connectivity index (χ1n) is 11.2. The molecule has 25 heavy (non-hydrogen) atoms. The topological polar surface area (TPSA) is 52.3 Å². The molecule has 0 aromatic rings. The fourth-order valence-corrected chi connectivity index (χ4v) is 8.50. The van der Waals surface area contributed by atoms with Crippen LogP contribution in [0.15, 0.2) is 0 Å². The summed E-state index contributed by atoms with van der Waals surface area (Å²) in [5, 5.41) is 10.2. The van der Waals surface area contributed by atoms with Crippen molar-refractivity contribution >= 4 is 0 Å². The van der Waals surface area contributed by atoms with E-state index < -0.39 is 0 Å². The number of nitrogens with one attached hydrogen (secondary N) is 1. The van der Waals surface area contributed by atoms with E-state index in [0.29, 0.717) is 10.8 Å². The summed E-state index contributed by atoms with van der Waals surface area (Å²) in [5.41, 5.74) is 5.20. The van der Waals surface area contributed by atoms with E-state index in [-0.39, 0.29) is 6.10 Å². The van der Waals surface area contributed by atoms with Crippen molar-refractivity contribution in [3.05, 3.63) is 0 Å². The summed E-state index contributed by atoms with van der Waals surface area (Å²) >= 11 is 0. The Kier molecular flexibility index (Phi) is 4.74. The summed E-state index contributed by atoms with van der Waals surface area (Å²) in [7, 11) is 2.43. The number of likely N-dealkylation sites (N-methyl/N-ethyl adjacent to an activating group) is 1. The number of fused-ring (bicyclic) bond motifs is 5. The molecule has 0 aromatic carbocycles. The van der Waals surface area contributed by atoms with Gasteiger partial charge >= 0.3 is 0 Å². The van der Waals surface area contributed by atoms with Crippen molar-refractivity contribution in [3.63, 3.8) is 0 Å². The fourth-order valence-electron chi connectivity index (χ4n) is 8.50. The third kappa shape index (κ3) is 2.72. The van der Waals surface area contributed by atoms with Gasteiger partial charge in [0.25, 0.3) is 0 Å². The molecule has 1 unspecified atom stereocenters. The average molecular weight is 351 g/mol. The Labute approximate surface area is 154 Å². The summed E-state index contributed by atoms with van der Waals surface area (Å²) in [4.78, 5) is 1.75. The van der Waals surface area contributed by atoms with E-state index in [1.807, 2.05) is 0 Å². The maximum absolute atomic E-state index is 10.2. The highest BCUT2D eigenvalue weighted by molar-refractivity contribution is 5.09. The molecule has 4 saturated carbocycles. The van der Waals surface area contributed by atoms with Gasteiger partial charge in [-0.3, -0.25) is 0 Å². The van der Waals surface area contributed by atoms with E-state index in [0.717, 1.165) is 49.1 Å². The van der Waals surface area contributed by atoms with Crippen molar-refractivity contribution < 1.29 is 15.7 Å². The minimum atomic E-state index is -0.0146. The Morgan fingerprint density at radius 3 is 2.44 bits per heavy atom. The van der Waals surface area contributed by atoms with Crippen molar-refractivity contribution in [3.8, 4) is 0 Å². The molecule has 0 bridgehead atoms. The SMILES string of the molecule is C[NH+](CC[NH3+])[C@H]1CC[C@@H]2[C@@H]3CC[C@H]4C[C@@H](O)CC[C@]4(C)[C@H]3CC[C@@]21C. The molecule has 0 heterocycles. The van der Waals surface area contributed by atoms with Crippen LogP contribution in [-0.2, 0) is 0 Å². The molecule has 4 aliphatic rings. The normalized spacial score (nSPS) is 53.6. The van der Waals surface area contributed by atoms with Crippen LogP contribution in [0.5, 0.6) is 0 Å². The number of hydrogen-bond acceptors (Lipinski definition) is 1. The molecule has 144 valence electrons. The fraction of sp³-hybridized carbons (Fsp3) is 1.00. The summed E-state index contributed by atoms with van der Waals surface area (Å²) < 4.78 is 0. The monoisotopic (exact) mass is 350 g/mol. The van der Waals surface area contributed by atoms with Gasteiger partial charge in [-0.05, 0) is 80.5 Å². The van der Waals surface area contributed by atoms with Crippen LogP contribution >= 0.6 is 0 Å². The predicted molar refractivity (Wildman–Crippen MR) is 101 cm³/mol. The molecule has 0 radical (unpaired) electrons. The Morgan fingerprint density at radius 1 is 0.960 bits per heavy atom. The van der Waals surface area contributed by atoms with Gasteiger partial charge in [0, 0.05) is 11.8 Å². The zero-order chi connectivity index (χ0) is 17.8. The van der Waals surface area contributed by atoms with Crippen molar-refractivity contribution in [2.45, 2.75) is 83.8 Å². The molecule has 9 atom stereocenters. The molecule has 0 amide bonds. The maximum atomic E-state index is 10.2. The first-order chi connectivity index (χ1) is 11.9. The maximum Gasteiger partial charge on any atom is 0.127 e. The van der Waals surface area contributed by atoms with Gasteiger partial charge in [0.05, 0.1) is 19.2 Å². The molecule has 4 rings (SSSR count). The first kappa shape index (κ1) is 18.3. The number of aliphatic hydroxyl groups is 1. The van der Waals surface area contributed by atoms with Crippen LogP contribution in [-0.4, -0.2) is 37.4 Å². The molecule has 0 aromatic heterocycles. The minimum Gasteiger partial charge on any atom is -0.393 e. The lowest BCUT2D eigenvalue weighted by Gasteiger charge is -2.60. The van der Waals surface area contributed by atoms with Crippen LogP contribution in [0, 0.1) is 34.5 Å². The molecule has 5 N–H and O–H groups in total. The summed E-state index contributed by atoms with van der Waals surface area (Å²) in [6.07, 6.45) is 12.0. The largest absolute Gasteiger partial charge is 0.393 e. The molecule has 0 saturated heterocycles. The predicted octanol–water partition coefficient (Wildman–Crippen LogP) is 1.52. The summed E-state index contributed by atoms with van der Waals surface area (Å²) in [6.45, 7) is 7.56. The standard InChI is InChI=1S/C22H40N2O/c1-21-10-8-16(25)14-15(21)4-5-17-18-6-7-20(24(3)13-12-23)22(18,2)11-9-19(17)21/h15-20,25H,4-14,23H2,1-3H3/p+2/t15-,16-,17-,18+,19-,20-,21-,22-/m0/s1. The second-order valence-corrected chi connectivity index (χ2v) is 10.7. The summed E-state index contributed by atoms with van der Waals surface area (Å²) in [5.74, 6) is 3.65. The van der Waals surface area contributed by atoms with Gasteiger partial charge in [0.1, 0.15) is 13.1 Å². The highest BCUT2D eigenvalue weighted by atomic mass is 16.3. The molecule has 4 aliphatic carbocycles. The van der Waals surface area contributed by atoms with Crippen LogP contribution in [0.25, 0.3) is 0 Å². The van der Waals surface area contributed by atoms with Gasteiger partial charge in [-0.2, -0.15) is 0 Å². The van der Waals surface area contributed by atoms with Crippen LogP contribution in [0.3, 0.4) is 0 Å². The molecule has 3 nitrogen and oxygen atoms in total. The number of hydrogen-bond donors (Lipinski definition) is 3. The molecule has 4 fully saturated rings. The Morgan fingerprint density at radius 2 is 1.68 bits per heavy atom. The Hall–Kier alpha value is -0.120. The first-order valence-corrected chi connectivity index (χ1v) is 11.2. The van der Waals surface area contributed by atoms with E-state index in [1.165, 1.54) is 51.5 Å². The van der Waals surface area contributed by atoms with E-state index in [1.54, 1.807) is 4.90 Å². The van der Waals surface area contributed by atoms with Crippen LogP contribution in [0.1, 0.15) is 71.6 Å². The lowest BCUT2D eigenvalue weighted by Crippen LogP contribution is -3.15. The van der Waals surface area contributed by atoms with Gasteiger partial charge in [-0.15, -0.1) is 0 Å². The van der Waals surface area contributed by atoms with Gasteiger partial charge < -0.3 is 15.7 Å². The zero-order valence-electron chi connectivity index (χ0n) is 16.9.